The first kappa shape index (κ1) is 13.1. The molecule has 0 aliphatic carbocycles. The monoisotopic (exact) mass is 306 g/mol. The van der Waals surface area contributed by atoms with Gasteiger partial charge in [-0.15, -0.1) is 0 Å². The maximum atomic E-state index is 4.56. The lowest BCUT2D eigenvalue weighted by Crippen LogP contribution is -2.14. The molecule has 4 nitrogen and oxygen atoms in total. The molecule has 0 aromatic carbocycles. The van der Waals surface area contributed by atoms with E-state index in [1.165, 1.54) is 0 Å². The normalized spacial score (nSPS) is 10.6. The number of aromatic nitrogens is 3. The van der Waals surface area contributed by atoms with Crippen LogP contribution in [0.25, 0.3) is 11.5 Å². The topological polar surface area (TPSA) is 50.7 Å². The Labute approximate surface area is 115 Å². The molecule has 0 aliphatic heterocycles. The third-order valence-electron chi connectivity index (χ3n) is 2.58. The van der Waals surface area contributed by atoms with Gasteiger partial charge in [-0.25, -0.2) is 9.97 Å². The highest BCUT2D eigenvalue weighted by Gasteiger charge is 2.06. The smallest absolute Gasteiger partial charge is 0.178 e. The molecule has 0 aliphatic rings. The summed E-state index contributed by atoms with van der Waals surface area (Å²) < 4.78 is 0.950. The van der Waals surface area contributed by atoms with Gasteiger partial charge >= 0.3 is 0 Å². The first-order chi connectivity index (χ1) is 8.70. The Morgan fingerprint density at radius 1 is 1.22 bits per heavy atom. The van der Waals surface area contributed by atoms with E-state index in [-0.39, 0.29) is 0 Å². The van der Waals surface area contributed by atoms with Crippen molar-refractivity contribution in [1.29, 1.82) is 0 Å². The van der Waals surface area contributed by atoms with E-state index in [1.807, 2.05) is 25.3 Å². The Morgan fingerprint density at radius 3 is 2.72 bits per heavy atom. The first-order valence-electron chi connectivity index (χ1n) is 5.86. The molecule has 0 saturated carbocycles. The molecule has 94 valence electrons. The summed E-state index contributed by atoms with van der Waals surface area (Å²) in [6.07, 6.45) is 3.60. The van der Waals surface area contributed by atoms with E-state index >= 15 is 0 Å². The summed E-state index contributed by atoms with van der Waals surface area (Å²) in [7, 11) is 0. The second-order valence-corrected chi connectivity index (χ2v) is 4.88. The highest BCUT2D eigenvalue weighted by molar-refractivity contribution is 9.10. The quantitative estimate of drug-likeness (QED) is 0.943. The summed E-state index contributed by atoms with van der Waals surface area (Å²) in [5, 5.41) is 3.27. The van der Waals surface area contributed by atoms with E-state index in [0.717, 1.165) is 34.5 Å². The number of nitrogens with zero attached hydrogens (tertiary/aromatic N) is 3. The van der Waals surface area contributed by atoms with Crippen molar-refractivity contribution in [3.63, 3.8) is 0 Å². The van der Waals surface area contributed by atoms with E-state index in [0.29, 0.717) is 5.82 Å². The number of nitrogens with one attached hydrogen (secondary N) is 1. The lowest BCUT2D eigenvalue weighted by molar-refractivity contribution is 0.704. The van der Waals surface area contributed by atoms with Gasteiger partial charge in [-0.1, -0.05) is 6.92 Å². The molecule has 0 radical (unpaired) electrons. The van der Waals surface area contributed by atoms with Gasteiger partial charge in [0.05, 0.1) is 5.69 Å². The van der Waals surface area contributed by atoms with Crippen molar-refractivity contribution >= 4 is 15.9 Å². The zero-order chi connectivity index (χ0) is 13.0. The molecule has 0 atom stereocenters. The van der Waals surface area contributed by atoms with Crippen LogP contribution in [0.5, 0.6) is 0 Å². The van der Waals surface area contributed by atoms with Crippen LogP contribution in [0.4, 0.5) is 0 Å². The van der Waals surface area contributed by atoms with Gasteiger partial charge < -0.3 is 5.32 Å². The summed E-state index contributed by atoms with van der Waals surface area (Å²) in [5.74, 6) is 0.668. The molecule has 0 fully saturated rings. The van der Waals surface area contributed by atoms with Crippen LogP contribution < -0.4 is 5.32 Å². The largest absolute Gasteiger partial charge is 0.311 e. The summed E-state index contributed by atoms with van der Waals surface area (Å²) in [6, 6.07) is 3.85. The molecular weight excluding hydrogens is 292 g/mol. The van der Waals surface area contributed by atoms with Crippen LogP contribution in [0.1, 0.15) is 18.2 Å². The molecular formula is C13H15BrN4. The average molecular weight is 307 g/mol. The summed E-state index contributed by atoms with van der Waals surface area (Å²) in [5.41, 5.74) is 2.90. The molecule has 18 heavy (non-hydrogen) atoms. The zero-order valence-corrected chi connectivity index (χ0v) is 12.0. The Balaban J connectivity index is 2.31. The second-order valence-electron chi connectivity index (χ2n) is 3.97. The highest BCUT2D eigenvalue weighted by Crippen LogP contribution is 2.16. The molecule has 2 aromatic heterocycles. The highest BCUT2D eigenvalue weighted by atomic mass is 79.9. The third-order valence-corrected chi connectivity index (χ3v) is 3.04. The minimum absolute atomic E-state index is 0.668. The third kappa shape index (κ3) is 3.11. The SMILES string of the molecule is CCNCc1nc(-c2ccc(Br)cn2)ncc1C. The molecule has 2 rings (SSSR count). The maximum absolute atomic E-state index is 4.56. The fourth-order valence-electron chi connectivity index (χ4n) is 1.53. The van der Waals surface area contributed by atoms with Gasteiger partial charge in [0.2, 0.25) is 0 Å². The average Bonchev–Trinajstić information content (AvgIpc) is 2.39. The Kier molecular flexibility index (Phi) is 4.38. The number of halogens is 1. The Hall–Kier alpha value is -1.33. The van der Waals surface area contributed by atoms with E-state index < -0.39 is 0 Å². The van der Waals surface area contributed by atoms with Crippen molar-refractivity contribution in [2.75, 3.05) is 6.54 Å². The summed E-state index contributed by atoms with van der Waals surface area (Å²) >= 11 is 3.36. The standard InChI is InChI=1S/C13H15BrN4/c1-3-15-8-12-9(2)6-17-13(18-12)11-5-4-10(14)7-16-11/h4-7,15H,3,8H2,1-2H3. The number of rotatable bonds is 4. The van der Waals surface area contributed by atoms with Gasteiger partial charge in [0.25, 0.3) is 0 Å². The number of hydrogen-bond donors (Lipinski definition) is 1. The molecule has 2 heterocycles. The van der Waals surface area contributed by atoms with E-state index in [2.05, 4.69) is 43.1 Å². The van der Waals surface area contributed by atoms with Crippen molar-refractivity contribution in [2.24, 2.45) is 0 Å². The fraction of sp³-hybridized carbons (Fsp3) is 0.308. The van der Waals surface area contributed by atoms with Crippen LogP contribution in [-0.4, -0.2) is 21.5 Å². The molecule has 5 heteroatoms. The lowest BCUT2D eigenvalue weighted by Gasteiger charge is -2.07. The first-order valence-corrected chi connectivity index (χ1v) is 6.65. The Bertz CT molecular complexity index is 525. The van der Waals surface area contributed by atoms with Gasteiger partial charge in [0, 0.05) is 23.4 Å². The summed E-state index contributed by atoms with van der Waals surface area (Å²) in [4.78, 5) is 13.2. The number of pyridine rings is 1. The predicted molar refractivity (Wildman–Crippen MR) is 75.1 cm³/mol. The molecule has 0 bridgehead atoms. The lowest BCUT2D eigenvalue weighted by atomic mass is 10.2. The van der Waals surface area contributed by atoms with Crippen LogP contribution in [0.3, 0.4) is 0 Å². The van der Waals surface area contributed by atoms with E-state index in [1.54, 1.807) is 6.20 Å². The molecule has 1 N–H and O–H groups in total. The van der Waals surface area contributed by atoms with Gasteiger partial charge in [0.1, 0.15) is 5.69 Å². The van der Waals surface area contributed by atoms with Crippen molar-refractivity contribution in [3.8, 4) is 11.5 Å². The molecule has 0 spiro atoms. The molecule has 0 saturated heterocycles. The fourth-order valence-corrected chi connectivity index (χ4v) is 1.77. The van der Waals surface area contributed by atoms with Gasteiger partial charge in [0.15, 0.2) is 5.82 Å². The van der Waals surface area contributed by atoms with Crippen molar-refractivity contribution in [1.82, 2.24) is 20.3 Å². The predicted octanol–water partition coefficient (Wildman–Crippen LogP) is 2.72. The minimum Gasteiger partial charge on any atom is -0.311 e. The van der Waals surface area contributed by atoms with Crippen LogP contribution in [-0.2, 0) is 6.54 Å². The second kappa shape index (κ2) is 6.02. The molecule has 0 unspecified atom stereocenters. The van der Waals surface area contributed by atoms with Crippen molar-refractivity contribution in [3.05, 3.63) is 40.3 Å². The van der Waals surface area contributed by atoms with Gasteiger partial charge in [-0.05, 0) is 47.1 Å². The van der Waals surface area contributed by atoms with Crippen LogP contribution in [0, 0.1) is 6.92 Å². The molecule has 2 aromatic rings. The number of hydrogen-bond acceptors (Lipinski definition) is 4. The maximum Gasteiger partial charge on any atom is 0.178 e. The molecule has 0 amide bonds. The van der Waals surface area contributed by atoms with Gasteiger partial charge in [-0.3, -0.25) is 4.98 Å². The number of aryl methyl sites for hydroxylation is 1. The van der Waals surface area contributed by atoms with E-state index in [4.69, 9.17) is 0 Å². The van der Waals surface area contributed by atoms with Crippen molar-refractivity contribution in [2.45, 2.75) is 20.4 Å². The van der Waals surface area contributed by atoms with E-state index in [9.17, 15) is 0 Å². The summed E-state index contributed by atoms with van der Waals surface area (Å²) in [6.45, 7) is 5.78. The van der Waals surface area contributed by atoms with Crippen LogP contribution >= 0.6 is 15.9 Å². The van der Waals surface area contributed by atoms with Crippen molar-refractivity contribution < 1.29 is 0 Å². The van der Waals surface area contributed by atoms with Crippen LogP contribution in [0.15, 0.2) is 29.0 Å². The van der Waals surface area contributed by atoms with Gasteiger partial charge in [-0.2, -0.15) is 0 Å². The zero-order valence-electron chi connectivity index (χ0n) is 10.4. The minimum atomic E-state index is 0.668. The Morgan fingerprint density at radius 2 is 2.06 bits per heavy atom. The van der Waals surface area contributed by atoms with Crippen LogP contribution in [0.2, 0.25) is 0 Å².